The van der Waals surface area contributed by atoms with Crippen LogP contribution in [0.15, 0.2) is 31.0 Å². The van der Waals surface area contributed by atoms with Crippen molar-refractivity contribution in [2.75, 3.05) is 12.3 Å². The minimum absolute atomic E-state index is 0.190. The fourth-order valence-corrected chi connectivity index (χ4v) is 1.44. The van der Waals surface area contributed by atoms with Crippen LogP contribution in [-0.4, -0.2) is 27.4 Å². The molecule has 2 heterocycles. The van der Waals surface area contributed by atoms with Crippen LogP contribution < -0.4 is 11.1 Å². The van der Waals surface area contributed by atoms with Gasteiger partial charge >= 0.3 is 0 Å². The van der Waals surface area contributed by atoms with Crippen molar-refractivity contribution in [1.29, 1.82) is 0 Å². The van der Waals surface area contributed by atoms with Crippen LogP contribution >= 0.6 is 0 Å². The SMILES string of the molecule is Nc1cnccc1C(=O)NCCc1cnc[nH]1. The number of nitrogens with zero attached hydrogens (tertiary/aromatic N) is 2. The molecule has 0 saturated heterocycles. The van der Waals surface area contributed by atoms with Gasteiger partial charge in [0.2, 0.25) is 0 Å². The number of amides is 1. The van der Waals surface area contributed by atoms with E-state index in [0.717, 1.165) is 5.69 Å². The van der Waals surface area contributed by atoms with Crippen LogP contribution in [0.2, 0.25) is 0 Å². The summed E-state index contributed by atoms with van der Waals surface area (Å²) in [5.74, 6) is -0.190. The minimum atomic E-state index is -0.190. The maximum atomic E-state index is 11.7. The zero-order valence-corrected chi connectivity index (χ0v) is 9.18. The Bertz CT molecular complexity index is 494. The standard InChI is InChI=1S/C11H13N5O/c12-10-6-13-3-2-9(10)11(17)15-4-1-8-5-14-7-16-8/h2-3,5-7H,1,4,12H2,(H,14,16)(H,15,17). The molecular weight excluding hydrogens is 218 g/mol. The number of carbonyl (C=O) groups excluding carboxylic acids is 1. The Balaban J connectivity index is 1.88. The van der Waals surface area contributed by atoms with Gasteiger partial charge in [0.05, 0.1) is 23.8 Å². The molecule has 2 aromatic heterocycles. The van der Waals surface area contributed by atoms with Gasteiger partial charge in [0.1, 0.15) is 0 Å². The van der Waals surface area contributed by atoms with Crippen LogP contribution in [0.4, 0.5) is 5.69 Å². The van der Waals surface area contributed by atoms with Crippen LogP contribution in [0.5, 0.6) is 0 Å². The Kier molecular flexibility index (Phi) is 3.34. The minimum Gasteiger partial charge on any atom is -0.397 e. The zero-order chi connectivity index (χ0) is 12.1. The predicted molar refractivity (Wildman–Crippen MR) is 63.3 cm³/mol. The summed E-state index contributed by atoms with van der Waals surface area (Å²) in [5, 5.41) is 2.78. The number of pyridine rings is 1. The molecule has 0 atom stereocenters. The quantitative estimate of drug-likeness (QED) is 0.707. The largest absolute Gasteiger partial charge is 0.397 e. The van der Waals surface area contributed by atoms with E-state index in [1.807, 2.05) is 0 Å². The fourth-order valence-electron chi connectivity index (χ4n) is 1.44. The molecule has 88 valence electrons. The summed E-state index contributed by atoms with van der Waals surface area (Å²) in [5.41, 5.74) is 7.46. The Labute approximate surface area is 98.3 Å². The molecule has 6 nitrogen and oxygen atoms in total. The fraction of sp³-hybridized carbons (Fsp3) is 0.182. The zero-order valence-electron chi connectivity index (χ0n) is 9.18. The third kappa shape index (κ3) is 2.81. The second-order valence-electron chi connectivity index (χ2n) is 3.55. The number of nitrogens with one attached hydrogen (secondary N) is 2. The predicted octanol–water partition coefficient (Wildman–Crippen LogP) is 0.359. The molecular formula is C11H13N5O. The van der Waals surface area contributed by atoms with Gasteiger partial charge in [0, 0.05) is 31.1 Å². The first kappa shape index (κ1) is 11.1. The monoisotopic (exact) mass is 231 g/mol. The van der Waals surface area contributed by atoms with Crippen molar-refractivity contribution in [3.8, 4) is 0 Å². The molecule has 2 aromatic rings. The van der Waals surface area contributed by atoms with Crippen molar-refractivity contribution in [2.45, 2.75) is 6.42 Å². The second-order valence-corrected chi connectivity index (χ2v) is 3.55. The smallest absolute Gasteiger partial charge is 0.253 e. The summed E-state index contributed by atoms with van der Waals surface area (Å²) in [6.45, 7) is 0.531. The van der Waals surface area contributed by atoms with Gasteiger partial charge in [0.25, 0.3) is 5.91 Å². The number of imidazole rings is 1. The summed E-state index contributed by atoms with van der Waals surface area (Å²) >= 11 is 0. The first-order valence-corrected chi connectivity index (χ1v) is 5.22. The van der Waals surface area contributed by atoms with Gasteiger partial charge in [-0.15, -0.1) is 0 Å². The average Bonchev–Trinajstić information content (AvgIpc) is 2.82. The Hall–Kier alpha value is -2.37. The van der Waals surface area contributed by atoms with Gasteiger partial charge < -0.3 is 16.0 Å². The van der Waals surface area contributed by atoms with Crippen molar-refractivity contribution in [2.24, 2.45) is 0 Å². The molecule has 0 unspecified atom stereocenters. The van der Waals surface area contributed by atoms with E-state index in [1.54, 1.807) is 24.8 Å². The number of H-pyrrole nitrogens is 1. The number of carbonyl (C=O) groups is 1. The van der Waals surface area contributed by atoms with E-state index in [-0.39, 0.29) is 5.91 Å². The molecule has 0 aliphatic heterocycles. The van der Waals surface area contributed by atoms with E-state index in [1.165, 1.54) is 6.20 Å². The lowest BCUT2D eigenvalue weighted by Gasteiger charge is -2.05. The second kappa shape index (κ2) is 5.11. The number of rotatable bonds is 4. The van der Waals surface area contributed by atoms with Gasteiger partial charge in [-0.2, -0.15) is 0 Å². The Morgan fingerprint density at radius 3 is 3.00 bits per heavy atom. The molecule has 0 radical (unpaired) electrons. The molecule has 1 amide bonds. The molecule has 0 aromatic carbocycles. The number of aromatic nitrogens is 3. The van der Waals surface area contributed by atoms with E-state index in [9.17, 15) is 4.79 Å². The van der Waals surface area contributed by atoms with Crippen molar-refractivity contribution < 1.29 is 4.79 Å². The molecule has 2 rings (SSSR count). The number of nitrogens with two attached hydrogens (primary N) is 1. The average molecular weight is 231 g/mol. The highest BCUT2D eigenvalue weighted by Gasteiger charge is 2.08. The summed E-state index contributed by atoms with van der Waals surface area (Å²) in [4.78, 5) is 22.4. The van der Waals surface area contributed by atoms with Crippen LogP contribution in [-0.2, 0) is 6.42 Å². The molecule has 0 aliphatic rings. The molecule has 17 heavy (non-hydrogen) atoms. The van der Waals surface area contributed by atoms with Gasteiger partial charge in [-0.1, -0.05) is 0 Å². The lowest BCUT2D eigenvalue weighted by Crippen LogP contribution is -2.26. The van der Waals surface area contributed by atoms with Gasteiger partial charge in [0.15, 0.2) is 0 Å². The highest BCUT2D eigenvalue weighted by Crippen LogP contribution is 2.07. The van der Waals surface area contributed by atoms with E-state index < -0.39 is 0 Å². The van der Waals surface area contributed by atoms with E-state index in [4.69, 9.17) is 5.73 Å². The number of hydrogen-bond acceptors (Lipinski definition) is 4. The molecule has 4 N–H and O–H groups in total. The molecule has 0 fully saturated rings. The van der Waals surface area contributed by atoms with E-state index in [2.05, 4.69) is 20.3 Å². The molecule has 0 aliphatic carbocycles. The van der Waals surface area contributed by atoms with Crippen LogP contribution in [0.1, 0.15) is 16.1 Å². The summed E-state index contributed by atoms with van der Waals surface area (Å²) in [6.07, 6.45) is 7.05. The Morgan fingerprint density at radius 2 is 2.29 bits per heavy atom. The number of aromatic amines is 1. The van der Waals surface area contributed by atoms with Crippen LogP contribution in [0.3, 0.4) is 0 Å². The Morgan fingerprint density at radius 1 is 1.41 bits per heavy atom. The summed E-state index contributed by atoms with van der Waals surface area (Å²) in [7, 11) is 0. The van der Waals surface area contributed by atoms with Crippen LogP contribution in [0.25, 0.3) is 0 Å². The normalized spacial score (nSPS) is 10.1. The highest BCUT2D eigenvalue weighted by molar-refractivity contribution is 5.98. The number of nitrogen functional groups attached to an aromatic ring is 1. The van der Waals surface area contributed by atoms with Gasteiger partial charge in [-0.05, 0) is 6.07 Å². The van der Waals surface area contributed by atoms with E-state index >= 15 is 0 Å². The molecule has 0 bridgehead atoms. The lowest BCUT2D eigenvalue weighted by atomic mass is 10.2. The third-order valence-corrected chi connectivity index (χ3v) is 2.33. The first-order valence-electron chi connectivity index (χ1n) is 5.22. The van der Waals surface area contributed by atoms with Crippen LogP contribution in [0, 0.1) is 0 Å². The maximum Gasteiger partial charge on any atom is 0.253 e. The highest BCUT2D eigenvalue weighted by atomic mass is 16.1. The topological polar surface area (TPSA) is 96.7 Å². The lowest BCUT2D eigenvalue weighted by molar-refractivity contribution is 0.0955. The number of anilines is 1. The van der Waals surface area contributed by atoms with Crippen molar-refractivity contribution >= 4 is 11.6 Å². The van der Waals surface area contributed by atoms with Crippen molar-refractivity contribution in [1.82, 2.24) is 20.3 Å². The van der Waals surface area contributed by atoms with Crippen molar-refractivity contribution in [3.63, 3.8) is 0 Å². The summed E-state index contributed by atoms with van der Waals surface area (Å²) in [6, 6.07) is 1.60. The first-order chi connectivity index (χ1) is 8.27. The molecule has 0 saturated carbocycles. The maximum absolute atomic E-state index is 11.7. The van der Waals surface area contributed by atoms with E-state index in [0.29, 0.717) is 24.2 Å². The van der Waals surface area contributed by atoms with Gasteiger partial charge in [-0.25, -0.2) is 4.98 Å². The molecule has 0 spiro atoms. The molecule has 6 heteroatoms. The summed E-state index contributed by atoms with van der Waals surface area (Å²) < 4.78 is 0. The third-order valence-electron chi connectivity index (χ3n) is 2.33. The number of hydrogen-bond donors (Lipinski definition) is 3. The van der Waals surface area contributed by atoms with Crippen molar-refractivity contribution in [3.05, 3.63) is 42.2 Å². The van der Waals surface area contributed by atoms with Gasteiger partial charge in [-0.3, -0.25) is 9.78 Å².